The number of azo groups is 1. The third-order valence-corrected chi connectivity index (χ3v) is 4.25. The van der Waals surface area contributed by atoms with E-state index in [0.29, 0.717) is 11.8 Å². The minimum atomic E-state index is -0.902. The Morgan fingerprint density at radius 2 is 1.87 bits per heavy atom. The van der Waals surface area contributed by atoms with Crippen LogP contribution in [0.3, 0.4) is 0 Å². The Hall–Kier alpha value is -4.40. The van der Waals surface area contributed by atoms with Gasteiger partial charge in [-0.1, -0.05) is 6.07 Å². The number of non-ortho nitro benzene ring substituents is 1. The van der Waals surface area contributed by atoms with E-state index in [2.05, 4.69) is 20.4 Å². The number of hydrogen-bond acceptors (Lipinski definition) is 9. The first-order chi connectivity index (χ1) is 14.8. The first-order valence-corrected chi connectivity index (χ1v) is 9.19. The minimum Gasteiger partial charge on any atom is -0.372 e. The molecule has 0 saturated carbocycles. The molecule has 0 fully saturated rings. The molecule has 12 nitrogen and oxygen atoms in total. The fourth-order valence-electron chi connectivity index (χ4n) is 2.78. The van der Waals surface area contributed by atoms with E-state index in [9.17, 15) is 25.0 Å². The van der Waals surface area contributed by atoms with Crippen molar-refractivity contribution in [3.8, 4) is 6.07 Å². The summed E-state index contributed by atoms with van der Waals surface area (Å²) in [5, 5.41) is 41.2. The second-order valence-corrected chi connectivity index (χ2v) is 6.16. The molecule has 0 spiro atoms. The summed E-state index contributed by atoms with van der Waals surface area (Å²) in [4.78, 5) is 34.7. The summed E-state index contributed by atoms with van der Waals surface area (Å²) in [7, 11) is 0. The average Bonchev–Trinajstić information content (AvgIpc) is 2.74. The maximum atomic E-state index is 12.2. The molecule has 0 aromatic heterocycles. The lowest BCUT2D eigenvalue weighted by atomic mass is 10.1. The van der Waals surface area contributed by atoms with Crippen molar-refractivity contribution in [2.75, 3.05) is 29.9 Å². The van der Waals surface area contributed by atoms with Gasteiger partial charge in [0.2, 0.25) is 5.91 Å². The van der Waals surface area contributed by atoms with Crippen LogP contribution in [-0.2, 0) is 4.79 Å². The summed E-state index contributed by atoms with van der Waals surface area (Å²) in [5.41, 5.74) is -0.727. The molecule has 2 aromatic carbocycles. The molecule has 2 aromatic rings. The lowest BCUT2D eigenvalue weighted by Crippen LogP contribution is -2.22. The normalized spacial score (nSPS) is 10.5. The predicted molar refractivity (Wildman–Crippen MR) is 112 cm³/mol. The van der Waals surface area contributed by atoms with E-state index in [1.807, 2.05) is 19.9 Å². The summed E-state index contributed by atoms with van der Waals surface area (Å²) in [6, 6.07) is 10.4. The minimum absolute atomic E-state index is 0.392. The van der Waals surface area contributed by atoms with Gasteiger partial charge >= 0.3 is 5.69 Å². The third-order valence-electron chi connectivity index (χ3n) is 4.25. The van der Waals surface area contributed by atoms with Crippen molar-refractivity contribution in [2.45, 2.75) is 13.8 Å². The molecule has 160 valence electrons. The fraction of sp³-hybridized carbons (Fsp3) is 0.263. The highest BCUT2D eigenvalue weighted by atomic mass is 16.6. The van der Waals surface area contributed by atoms with Gasteiger partial charge < -0.3 is 10.2 Å². The number of anilines is 2. The maximum Gasteiger partial charge on any atom is 0.304 e. The van der Waals surface area contributed by atoms with Crippen molar-refractivity contribution in [3.63, 3.8) is 0 Å². The second kappa shape index (κ2) is 10.4. The van der Waals surface area contributed by atoms with Crippen LogP contribution in [0.5, 0.6) is 0 Å². The van der Waals surface area contributed by atoms with E-state index in [1.165, 1.54) is 0 Å². The molecule has 1 amide bonds. The van der Waals surface area contributed by atoms with E-state index in [1.54, 1.807) is 24.3 Å². The summed E-state index contributed by atoms with van der Waals surface area (Å²) < 4.78 is 0. The van der Waals surface area contributed by atoms with E-state index >= 15 is 0 Å². The summed E-state index contributed by atoms with van der Waals surface area (Å²) in [6.07, 6.45) is 0. The largest absolute Gasteiger partial charge is 0.372 e. The van der Waals surface area contributed by atoms with Crippen LogP contribution in [-0.4, -0.2) is 35.4 Å². The van der Waals surface area contributed by atoms with Crippen molar-refractivity contribution in [1.82, 2.24) is 0 Å². The highest BCUT2D eigenvalue weighted by molar-refractivity contribution is 5.92. The average molecular weight is 425 g/mol. The van der Waals surface area contributed by atoms with Gasteiger partial charge in [0, 0.05) is 30.5 Å². The van der Waals surface area contributed by atoms with Gasteiger partial charge in [0.05, 0.1) is 21.5 Å². The predicted octanol–water partition coefficient (Wildman–Crippen LogP) is 3.94. The van der Waals surface area contributed by atoms with Gasteiger partial charge in [-0.2, -0.15) is 10.4 Å². The number of carbonyl (C=O) groups is 1. The SMILES string of the molecule is CCN(CC)c1cccc(NC(=O)CN=Nc2c(C#N)cc([N+](=O)[O-])cc2[N+](=O)[O-])c1. The lowest BCUT2D eigenvalue weighted by molar-refractivity contribution is -0.393. The van der Waals surface area contributed by atoms with Crippen LogP contribution >= 0.6 is 0 Å². The van der Waals surface area contributed by atoms with Crippen molar-refractivity contribution in [1.29, 1.82) is 5.26 Å². The highest BCUT2D eigenvalue weighted by Crippen LogP contribution is 2.35. The van der Waals surface area contributed by atoms with Crippen LogP contribution in [0, 0.1) is 31.6 Å². The fourth-order valence-corrected chi connectivity index (χ4v) is 2.78. The van der Waals surface area contributed by atoms with Gasteiger partial charge in [-0.3, -0.25) is 25.0 Å². The molecule has 0 unspecified atom stereocenters. The Kier molecular flexibility index (Phi) is 7.68. The number of nitrogens with zero attached hydrogens (tertiary/aromatic N) is 6. The molecule has 31 heavy (non-hydrogen) atoms. The van der Waals surface area contributed by atoms with E-state index in [-0.39, 0.29) is 0 Å². The molecule has 0 aliphatic heterocycles. The van der Waals surface area contributed by atoms with Crippen molar-refractivity contribution in [3.05, 3.63) is 62.2 Å². The Bertz CT molecular complexity index is 1070. The van der Waals surface area contributed by atoms with Gasteiger partial charge in [0.15, 0.2) is 5.69 Å². The number of hydrogen-bond donors (Lipinski definition) is 1. The molecule has 1 N–H and O–H groups in total. The van der Waals surface area contributed by atoms with Gasteiger partial charge in [0.25, 0.3) is 5.69 Å². The zero-order valence-corrected chi connectivity index (χ0v) is 16.8. The standard InChI is InChI=1S/C19H19N7O5/c1-3-24(4-2)15-7-5-6-14(9-15)22-18(27)12-21-23-19-13(11-20)8-16(25(28)29)10-17(19)26(30)31/h5-10H,3-4,12H2,1-2H3,(H,22,27). The Morgan fingerprint density at radius 3 is 2.45 bits per heavy atom. The Morgan fingerprint density at radius 1 is 1.16 bits per heavy atom. The molecule has 0 heterocycles. The third kappa shape index (κ3) is 5.80. The summed E-state index contributed by atoms with van der Waals surface area (Å²) in [6.45, 7) is 5.17. The molecular formula is C19H19N7O5. The van der Waals surface area contributed by atoms with Crippen molar-refractivity contribution in [2.24, 2.45) is 10.2 Å². The molecule has 0 aliphatic rings. The quantitative estimate of drug-likeness (QED) is 0.360. The van der Waals surface area contributed by atoms with Crippen LogP contribution in [0.25, 0.3) is 0 Å². The van der Waals surface area contributed by atoms with Crippen molar-refractivity contribution < 1.29 is 14.6 Å². The zero-order valence-electron chi connectivity index (χ0n) is 16.8. The van der Waals surface area contributed by atoms with Gasteiger partial charge in [-0.15, -0.1) is 5.11 Å². The highest BCUT2D eigenvalue weighted by Gasteiger charge is 2.24. The first-order valence-electron chi connectivity index (χ1n) is 9.19. The van der Waals surface area contributed by atoms with Crippen LogP contribution in [0.2, 0.25) is 0 Å². The van der Waals surface area contributed by atoms with E-state index < -0.39 is 44.9 Å². The van der Waals surface area contributed by atoms with Gasteiger partial charge in [-0.05, 0) is 32.0 Å². The molecular weight excluding hydrogens is 406 g/mol. The van der Waals surface area contributed by atoms with Crippen molar-refractivity contribution >= 4 is 34.3 Å². The molecule has 0 bridgehead atoms. The number of amides is 1. The summed E-state index contributed by atoms with van der Waals surface area (Å²) >= 11 is 0. The van der Waals surface area contributed by atoms with Crippen LogP contribution in [0.1, 0.15) is 19.4 Å². The van der Waals surface area contributed by atoms with Gasteiger partial charge in [-0.25, -0.2) is 0 Å². The number of benzene rings is 2. The number of nitro benzene ring substituents is 2. The summed E-state index contributed by atoms with van der Waals surface area (Å²) in [5.74, 6) is -0.525. The zero-order chi connectivity index (χ0) is 23.0. The Labute approximate surface area is 177 Å². The number of nitriles is 1. The van der Waals surface area contributed by atoms with E-state index in [0.717, 1.165) is 24.8 Å². The van der Waals surface area contributed by atoms with Crippen LogP contribution in [0.15, 0.2) is 46.6 Å². The first kappa shape index (κ1) is 22.9. The molecule has 0 atom stereocenters. The number of carbonyl (C=O) groups excluding carboxylic acids is 1. The molecule has 0 aliphatic carbocycles. The lowest BCUT2D eigenvalue weighted by Gasteiger charge is -2.21. The second-order valence-electron chi connectivity index (χ2n) is 6.16. The molecule has 12 heteroatoms. The monoisotopic (exact) mass is 425 g/mol. The van der Waals surface area contributed by atoms with Crippen LogP contribution < -0.4 is 10.2 Å². The topological polar surface area (TPSA) is 167 Å². The number of nitro groups is 2. The van der Waals surface area contributed by atoms with Gasteiger partial charge in [0.1, 0.15) is 12.6 Å². The molecule has 2 rings (SSSR count). The maximum absolute atomic E-state index is 12.2. The Balaban J connectivity index is 2.18. The number of rotatable bonds is 9. The molecule has 0 radical (unpaired) electrons. The molecule has 0 saturated heterocycles. The number of nitrogens with one attached hydrogen (secondary N) is 1. The smallest absolute Gasteiger partial charge is 0.304 e. The van der Waals surface area contributed by atoms with E-state index in [4.69, 9.17) is 5.26 Å². The van der Waals surface area contributed by atoms with Crippen LogP contribution in [0.4, 0.5) is 28.4 Å².